The zero-order valence-electron chi connectivity index (χ0n) is 9.18. The molecule has 1 atom stereocenters. The van der Waals surface area contributed by atoms with E-state index in [0.717, 1.165) is 5.56 Å². The molecule has 0 saturated carbocycles. The van der Waals surface area contributed by atoms with Crippen molar-refractivity contribution >= 4 is 5.84 Å². The van der Waals surface area contributed by atoms with E-state index in [0.29, 0.717) is 0 Å². The van der Waals surface area contributed by atoms with Gasteiger partial charge >= 0.3 is 5.84 Å². The number of benzene rings is 1. The average Bonchev–Trinajstić information content (AvgIpc) is 2.55. The second-order valence-electron chi connectivity index (χ2n) is 4.40. The third kappa shape index (κ3) is 1.64. The summed E-state index contributed by atoms with van der Waals surface area (Å²) < 4.78 is 0. The van der Waals surface area contributed by atoms with E-state index in [4.69, 9.17) is 0 Å². The second kappa shape index (κ2) is 3.59. The first-order chi connectivity index (χ1) is 7.52. The highest BCUT2D eigenvalue weighted by atomic mass is 16.6. The van der Waals surface area contributed by atoms with Crippen LogP contribution in [0.3, 0.4) is 0 Å². The van der Waals surface area contributed by atoms with E-state index in [1.54, 1.807) is 0 Å². The Morgan fingerprint density at radius 2 is 2.00 bits per heavy atom. The van der Waals surface area contributed by atoms with Gasteiger partial charge in [0.25, 0.3) is 0 Å². The van der Waals surface area contributed by atoms with E-state index in [1.165, 1.54) is 0 Å². The van der Waals surface area contributed by atoms with Crippen molar-refractivity contribution in [1.82, 2.24) is 5.43 Å². The molecule has 0 radical (unpaired) electrons. The summed E-state index contributed by atoms with van der Waals surface area (Å²) in [5, 5.41) is 14.7. The molecule has 0 aromatic heterocycles. The van der Waals surface area contributed by atoms with E-state index in [2.05, 4.69) is 10.5 Å². The van der Waals surface area contributed by atoms with Crippen molar-refractivity contribution in [2.45, 2.75) is 25.3 Å². The Bertz CT molecular complexity index is 440. The molecule has 0 saturated heterocycles. The van der Waals surface area contributed by atoms with Gasteiger partial charge in [0.1, 0.15) is 5.92 Å². The summed E-state index contributed by atoms with van der Waals surface area (Å²) in [6.07, 6.45) is 0. The summed E-state index contributed by atoms with van der Waals surface area (Å²) >= 11 is 0. The van der Waals surface area contributed by atoms with Gasteiger partial charge in [-0.2, -0.15) is 0 Å². The molecule has 1 N–H and O–H groups in total. The van der Waals surface area contributed by atoms with Gasteiger partial charge in [-0.3, -0.25) is 0 Å². The van der Waals surface area contributed by atoms with Gasteiger partial charge in [-0.25, -0.2) is 5.43 Å². The Kier molecular flexibility index (Phi) is 2.38. The van der Waals surface area contributed by atoms with Crippen molar-refractivity contribution in [2.75, 3.05) is 0 Å². The van der Waals surface area contributed by atoms with Crippen molar-refractivity contribution in [2.24, 2.45) is 5.10 Å². The first-order valence-electron chi connectivity index (χ1n) is 5.06. The van der Waals surface area contributed by atoms with E-state index in [9.17, 15) is 10.1 Å². The molecule has 0 bridgehead atoms. The lowest BCUT2D eigenvalue weighted by Gasteiger charge is -2.23. The van der Waals surface area contributed by atoms with Gasteiger partial charge in [0, 0.05) is 5.10 Å². The summed E-state index contributed by atoms with van der Waals surface area (Å²) in [6.45, 7) is 3.81. The molecule has 2 rings (SSSR count). The van der Waals surface area contributed by atoms with E-state index >= 15 is 0 Å². The molecular formula is C11H13N3O2. The molecular weight excluding hydrogens is 206 g/mol. The minimum atomic E-state index is -0.427. The first kappa shape index (κ1) is 10.6. The van der Waals surface area contributed by atoms with Gasteiger partial charge in [0.2, 0.25) is 0 Å². The molecule has 0 amide bonds. The second-order valence-corrected chi connectivity index (χ2v) is 4.40. The summed E-state index contributed by atoms with van der Waals surface area (Å²) in [5.74, 6) is -0.333. The summed E-state index contributed by atoms with van der Waals surface area (Å²) in [5.41, 5.74) is 3.31. The third-order valence-corrected chi connectivity index (χ3v) is 2.76. The highest BCUT2D eigenvalue weighted by Gasteiger charge is 2.47. The van der Waals surface area contributed by atoms with Crippen LogP contribution in [0.25, 0.3) is 0 Å². The number of hydrazone groups is 1. The highest BCUT2D eigenvalue weighted by molar-refractivity contribution is 5.85. The maximum atomic E-state index is 10.9. The van der Waals surface area contributed by atoms with Crippen LogP contribution in [0.5, 0.6) is 0 Å². The maximum Gasteiger partial charge on any atom is 0.373 e. The van der Waals surface area contributed by atoms with Crippen molar-refractivity contribution < 1.29 is 4.92 Å². The van der Waals surface area contributed by atoms with Crippen molar-refractivity contribution in [3.63, 3.8) is 0 Å². The van der Waals surface area contributed by atoms with Crippen molar-refractivity contribution in [3.8, 4) is 0 Å². The van der Waals surface area contributed by atoms with Crippen LogP contribution in [0, 0.1) is 10.1 Å². The fourth-order valence-corrected chi connectivity index (χ4v) is 2.01. The normalized spacial score (nSPS) is 22.4. The minimum Gasteiger partial charge on any atom is -0.358 e. The first-order valence-corrected chi connectivity index (χ1v) is 5.06. The van der Waals surface area contributed by atoms with Gasteiger partial charge < -0.3 is 10.1 Å². The zero-order valence-corrected chi connectivity index (χ0v) is 9.18. The number of amidine groups is 1. The van der Waals surface area contributed by atoms with Crippen LogP contribution < -0.4 is 5.43 Å². The number of hydrogen-bond acceptors (Lipinski definition) is 4. The van der Waals surface area contributed by atoms with E-state index in [-0.39, 0.29) is 11.8 Å². The molecule has 0 unspecified atom stereocenters. The number of nitro groups is 1. The quantitative estimate of drug-likeness (QED) is 0.578. The minimum absolute atomic E-state index is 0.0174. The van der Waals surface area contributed by atoms with Crippen LogP contribution in [0.4, 0.5) is 0 Å². The van der Waals surface area contributed by atoms with Gasteiger partial charge in [-0.1, -0.05) is 30.3 Å². The lowest BCUT2D eigenvalue weighted by Crippen LogP contribution is -2.39. The van der Waals surface area contributed by atoms with Crippen LogP contribution in [-0.4, -0.2) is 16.3 Å². The van der Waals surface area contributed by atoms with Crippen LogP contribution >= 0.6 is 0 Å². The summed E-state index contributed by atoms with van der Waals surface area (Å²) in [4.78, 5) is 10.5. The molecule has 1 aromatic rings. The maximum absolute atomic E-state index is 10.9. The highest BCUT2D eigenvalue weighted by Crippen LogP contribution is 2.33. The van der Waals surface area contributed by atoms with Gasteiger partial charge in [-0.05, 0) is 24.3 Å². The van der Waals surface area contributed by atoms with Crippen molar-refractivity contribution in [1.29, 1.82) is 0 Å². The molecule has 16 heavy (non-hydrogen) atoms. The standard InChI is InChI=1S/C11H13N3O2/c1-11(2)9(8-6-4-3-5-7-8)10(12-13-11)14(15)16/h3-7,9,13H,1-2H3/t9-/m0/s1. The number of hydrogen-bond donors (Lipinski definition) is 1. The van der Waals surface area contributed by atoms with Gasteiger partial charge in [0.15, 0.2) is 0 Å². The fourth-order valence-electron chi connectivity index (χ4n) is 2.01. The smallest absolute Gasteiger partial charge is 0.358 e. The van der Waals surface area contributed by atoms with Gasteiger partial charge in [-0.15, -0.1) is 0 Å². The summed E-state index contributed by atoms with van der Waals surface area (Å²) in [7, 11) is 0. The fraction of sp³-hybridized carbons (Fsp3) is 0.364. The Morgan fingerprint density at radius 3 is 2.56 bits per heavy atom. The molecule has 5 heteroatoms. The van der Waals surface area contributed by atoms with Crippen molar-refractivity contribution in [3.05, 3.63) is 46.0 Å². The number of rotatable bonds is 1. The van der Waals surface area contributed by atoms with Crippen LogP contribution in [-0.2, 0) is 0 Å². The third-order valence-electron chi connectivity index (χ3n) is 2.76. The predicted octanol–water partition coefficient (Wildman–Crippen LogP) is 1.74. The number of nitrogens with one attached hydrogen (secondary N) is 1. The molecule has 84 valence electrons. The lowest BCUT2D eigenvalue weighted by molar-refractivity contribution is -0.354. The Labute approximate surface area is 93.3 Å². The van der Waals surface area contributed by atoms with Crippen LogP contribution in [0.1, 0.15) is 25.3 Å². The van der Waals surface area contributed by atoms with Crippen LogP contribution in [0.2, 0.25) is 0 Å². The summed E-state index contributed by atoms with van der Waals surface area (Å²) in [6, 6.07) is 9.42. The molecule has 0 spiro atoms. The lowest BCUT2D eigenvalue weighted by atomic mass is 9.82. The molecule has 1 aliphatic heterocycles. The molecule has 0 fully saturated rings. The van der Waals surface area contributed by atoms with Crippen LogP contribution in [0.15, 0.2) is 35.4 Å². The average molecular weight is 219 g/mol. The Morgan fingerprint density at radius 1 is 1.38 bits per heavy atom. The number of nitrogens with zero attached hydrogens (tertiary/aromatic N) is 2. The molecule has 1 aromatic carbocycles. The van der Waals surface area contributed by atoms with Gasteiger partial charge in [0.05, 0.1) is 5.54 Å². The van der Waals surface area contributed by atoms with E-state index < -0.39 is 10.5 Å². The monoisotopic (exact) mass is 219 g/mol. The predicted molar refractivity (Wildman–Crippen MR) is 60.8 cm³/mol. The Hall–Kier alpha value is -1.91. The Balaban J connectivity index is 2.44. The molecule has 1 aliphatic rings. The molecule has 0 aliphatic carbocycles. The SMILES string of the molecule is CC1(C)NN=C([N+](=O)[O-])[C@@H]1c1ccccc1. The molecule has 1 heterocycles. The van der Waals surface area contributed by atoms with E-state index in [1.807, 2.05) is 44.2 Å². The molecule has 5 nitrogen and oxygen atoms in total. The zero-order chi connectivity index (χ0) is 11.8. The largest absolute Gasteiger partial charge is 0.373 e. The topological polar surface area (TPSA) is 67.5 Å².